The average Bonchev–Trinajstić information content (AvgIpc) is 2.61. The smallest absolute Gasteiger partial charge is 0.298 e. The normalized spacial score (nSPS) is 25.6. The highest BCUT2D eigenvalue weighted by Crippen LogP contribution is 2.29. The Morgan fingerprint density at radius 1 is 1.15 bits per heavy atom. The molecule has 0 saturated carbocycles. The second-order valence-electron chi connectivity index (χ2n) is 5.37. The quantitative estimate of drug-likeness (QED) is 0.809. The van der Waals surface area contributed by atoms with Gasteiger partial charge in [0.1, 0.15) is 5.52 Å². The maximum Gasteiger partial charge on any atom is 0.298 e. The van der Waals surface area contributed by atoms with Gasteiger partial charge in [0.05, 0.1) is 0 Å². The zero-order chi connectivity index (χ0) is 12.8. The molecule has 4 nitrogen and oxygen atoms in total. The number of rotatable bonds is 1. The lowest BCUT2D eigenvalue weighted by atomic mass is 10.1. The fraction of sp³-hybridized carbons (Fsp3) is 0.500. The molecule has 108 valence electrons. The van der Waals surface area contributed by atoms with Crippen molar-refractivity contribution in [2.45, 2.75) is 18.9 Å². The first-order valence-electron chi connectivity index (χ1n) is 6.85. The van der Waals surface area contributed by atoms with E-state index in [1.807, 2.05) is 18.2 Å². The predicted molar refractivity (Wildman–Crippen MR) is 83.1 cm³/mol. The summed E-state index contributed by atoms with van der Waals surface area (Å²) in [5.41, 5.74) is 1.67. The number of hydrogen-bond acceptors (Lipinski definition) is 4. The van der Waals surface area contributed by atoms with E-state index in [4.69, 9.17) is 16.0 Å². The first-order chi connectivity index (χ1) is 9.29. The predicted octanol–water partition coefficient (Wildman–Crippen LogP) is 3.19. The van der Waals surface area contributed by atoms with Crippen LogP contribution in [0.15, 0.2) is 22.6 Å². The van der Waals surface area contributed by atoms with E-state index >= 15 is 0 Å². The molecule has 0 radical (unpaired) electrons. The molecule has 3 saturated heterocycles. The van der Waals surface area contributed by atoms with Gasteiger partial charge in [-0.05, 0) is 31.0 Å². The highest BCUT2D eigenvalue weighted by atomic mass is 35.5. The molecule has 6 heteroatoms. The monoisotopic (exact) mass is 313 g/mol. The minimum Gasteiger partial charge on any atom is -0.423 e. The molecule has 1 aromatic carbocycles. The lowest BCUT2D eigenvalue weighted by Gasteiger charge is -2.30. The summed E-state index contributed by atoms with van der Waals surface area (Å²) < 4.78 is 5.91. The van der Waals surface area contributed by atoms with Crippen LogP contribution in [0.1, 0.15) is 12.8 Å². The van der Waals surface area contributed by atoms with Gasteiger partial charge >= 0.3 is 0 Å². The lowest BCUT2D eigenvalue weighted by Crippen LogP contribution is -2.38. The minimum atomic E-state index is 0. The van der Waals surface area contributed by atoms with E-state index < -0.39 is 0 Å². The van der Waals surface area contributed by atoms with E-state index in [0.29, 0.717) is 11.1 Å². The summed E-state index contributed by atoms with van der Waals surface area (Å²) in [7, 11) is 0. The number of anilines is 1. The number of oxazole rings is 1. The Hall–Kier alpha value is -0.970. The van der Waals surface area contributed by atoms with Crippen molar-refractivity contribution in [3.05, 3.63) is 23.2 Å². The van der Waals surface area contributed by atoms with Crippen molar-refractivity contribution in [3.63, 3.8) is 0 Å². The minimum absolute atomic E-state index is 0. The summed E-state index contributed by atoms with van der Waals surface area (Å²) in [4.78, 5) is 9.47. The summed E-state index contributed by atoms with van der Waals surface area (Å²) in [5.74, 6) is 0. The fourth-order valence-electron chi connectivity index (χ4n) is 3.15. The van der Waals surface area contributed by atoms with Crippen LogP contribution in [0.3, 0.4) is 0 Å². The number of nitrogens with zero attached hydrogens (tertiary/aromatic N) is 3. The number of benzene rings is 1. The number of fused-ring (bicyclic) bond motifs is 5. The number of aromatic nitrogens is 1. The van der Waals surface area contributed by atoms with Gasteiger partial charge in [-0.2, -0.15) is 4.98 Å². The molecule has 0 amide bonds. The largest absolute Gasteiger partial charge is 0.423 e. The summed E-state index contributed by atoms with van der Waals surface area (Å²) in [6, 6.07) is 6.93. The van der Waals surface area contributed by atoms with Crippen molar-refractivity contribution in [3.8, 4) is 0 Å². The Kier molecular flexibility index (Phi) is 3.80. The highest BCUT2D eigenvalue weighted by molar-refractivity contribution is 6.31. The summed E-state index contributed by atoms with van der Waals surface area (Å²) in [6.45, 7) is 4.52. The summed E-state index contributed by atoms with van der Waals surface area (Å²) >= 11 is 6.00. The third-order valence-corrected chi connectivity index (χ3v) is 4.47. The standard InChI is InChI=1S/C14H16ClN3O.ClH/c15-10-1-2-13-12(9-10)16-14(19-13)18-8-7-17-5-3-11(18)4-6-17;/h1-2,9,11H,3-8H2;1H. The molecule has 5 rings (SSSR count). The van der Waals surface area contributed by atoms with E-state index in [2.05, 4.69) is 14.8 Å². The molecular weight excluding hydrogens is 297 g/mol. The topological polar surface area (TPSA) is 32.5 Å². The van der Waals surface area contributed by atoms with Crippen LogP contribution in [0, 0.1) is 0 Å². The highest BCUT2D eigenvalue weighted by Gasteiger charge is 2.31. The second kappa shape index (κ2) is 5.43. The van der Waals surface area contributed by atoms with Crippen molar-refractivity contribution in [2.24, 2.45) is 0 Å². The molecule has 0 spiro atoms. The molecule has 0 atom stereocenters. The SMILES string of the molecule is Cl.Clc1ccc2oc(N3CCN4CCC3CC4)nc2c1. The van der Waals surface area contributed by atoms with Crippen molar-refractivity contribution in [1.29, 1.82) is 0 Å². The molecule has 2 bridgehead atoms. The third kappa shape index (κ3) is 2.36. The molecule has 4 heterocycles. The van der Waals surface area contributed by atoms with Gasteiger partial charge < -0.3 is 14.2 Å². The molecule has 20 heavy (non-hydrogen) atoms. The van der Waals surface area contributed by atoms with Crippen LogP contribution in [0.4, 0.5) is 6.01 Å². The maximum absolute atomic E-state index is 6.00. The Labute approximate surface area is 129 Å². The summed E-state index contributed by atoms with van der Waals surface area (Å²) in [5, 5.41) is 0.704. The van der Waals surface area contributed by atoms with E-state index in [9.17, 15) is 0 Å². The number of halogens is 2. The van der Waals surface area contributed by atoms with Crippen LogP contribution in [-0.2, 0) is 0 Å². The van der Waals surface area contributed by atoms with Gasteiger partial charge in [0.15, 0.2) is 5.58 Å². The van der Waals surface area contributed by atoms with Crippen molar-refractivity contribution < 1.29 is 4.42 Å². The van der Waals surface area contributed by atoms with E-state index in [0.717, 1.165) is 30.2 Å². The lowest BCUT2D eigenvalue weighted by molar-refractivity contribution is 0.249. The molecule has 3 fully saturated rings. The third-order valence-electron chi connectivity index (χ3n) is 4.24. The fourth-order valence-corrected chi connectivity index (χ4v) is 3.32. The van der Waals surface area contributed by atoms with Gasteiger partial charge in [0, 0.05) is 37.2 Å². The van der Waals surface area contributed by atoms with E-state index in [1.54, 1.807) is 0 Å². The van der Waals surface area contributed by atoms with Gasteiger partial charge in [0.25, 0.3) is 6.01 Å². The first-order valence-corrected chi connectivity index (χ1v) is 7.22. The molecule has 0 aliphatic carbocycles. The van der Waals surface area contributed by atoms with Crippen LogP contribution in [0.5, 0.6) is 0 Å². The van der Waals surface area contributed by atoms with Crippen LogP contribution in [0.2, 0.25) is 5.02 Å². The molecule has 3 aliphatic heterocycles. The van der Waals surface area contributed by atoms with Crippen molar-refractivity contribution >= 4 is 41.1 Å². The summed E-state index contributed by atoms with van der Waals surface area (Å²) in [6.07, 6.45) is 2.42. The maximum atomic E-state index is 6.00. The molecule has 1 aromatic heterocycles. The van der Waals surface area contributed by atoms with Crippen LogP contribution >= 0.6 is 24.0 Å². The Balaban J connectivity index is 0.00000121. The Bertz CT molecular complexity index is 607. The van der Waals surface area contributed by atoms with Gasteiger partial charge in [-0.25, -0.2) is 0 Å². The van der Waals surface area contributed by atoms with Crippen LogP contribution in [-0.4, -0.2) is 42.1 Å². The van der Waals surface area contributed by atoms with Gasteiger partial charge in [-0.1, -0.05) is 11.6 Å². The van der Waals surface area contributed by atoms with E-state index in [-0.39, 0.29) is 12.4 Å². The Morgan fingerprint density at radius 3 is 2.75 bits per heavy atom. The molecule has 0 unspecified atom stereocenters. The Morgan fingerprint density at radius 2 is 1.95 bits per heavy atom. The van der Waals surface area contributed by atoms with Crippen molar-refractivity contribution in [2.75, 3.05) is 31.1 Å². The molecule has 0 N–H and O–H groups in total. The number of hydrogen-bond donors (Lipinski definition) is 0. The van der Waals surface area contributed by atoms with Crippen LogP contribution < -0.4 is 4.90 Å². The second-order valence-corrected chi connectivity index (χ2v) is 5.81. The molecule has 2 aromatic rings. The first kappa shape index (κ1) is 14.0. The van der Waals surface area contributed by atoms with Gasteiger partial charge in [0.2, 0.25) is 0 Å². The van der Waals surface area contributed by atoms with Crippen molar-refractivity contribution in [1.82, 2.24) is 9.88 Å². The van der Waals surface area contributed by atoms with Gasteiger partial charge in [-0.15, -0.1) is 12.4 Å². The zero-order valence-electron chi connectivity index (χ0n) is 11.1. The van der Waals surface area contributed by atoms with Gasteiger partial charge in [-0.3, -0.25) is 0 Å². The average molecular weight is 314 g/mol. The number of piperidine rings is 1. The zero-order valence-corrected chi connectivity index (χ0v) is 12.7. The van der Waals surface area contributed by atoms with E-state index in [1.165, 1.54) is 25.9 Å². The molecular formula is C14H17Cl2N3O. The molecule has 3 aliphatic rings. The van der Waals surface area contributed by atoms with Crippen LogP contribution in [0.25, 0.3) is 11.1 Å².